The molecule has 1 aliphatic rings. The molecule has 0 amide bonds. The van der Waals surface area contributed by atoms with Crippen LogP contribution in [0.3, 0.4) is 0 Å². The van der Waals surface area contributed by atoms with Crippen molar-refractivity contribution in [3.63, 3.8) is 0 Å². The summed E-state index contributed by atoms with van der Waals surface area (Å²) in [6, 6.07) is 8.25. The minimum absolute atomic E-state index is 0.685. The summed E-state index contributed by atoms with van der Waals surface area (Å²) in [4.78, 5) is 10.5. The van der Waals surface area contributed by atoms with E-state index in [1.807, 2.05) is 12.1 Å². The summed E-state index contributed by atoms with van der Waals surface area (Å²) in [6.45, 7) is 4.21. The molecule has 3 aromatic rings. The van der Waals surface area contributed by atoms with E-state index < -0.39 is 0 Å². The van der Waals surface area contributed by atoms with E-state index in [0.717, 1.165) is 46.9 Å². The second-order valence-electron chi connectivity index (χ2n) is 7.70. The molecule has 0 radical (unpaired) electrons. The second kappa shape index (κ2) is 7.62. The minimum atomic E-state index is 0.685. The summed E-state index contributed by atoms with van der Waals surface area (Å²) < 4.78 is 5.53. The number of likely N-dealkylation sites (N-methyl/N-ethyl adjacent to an activating group) is 1. The molecule has 1 aromatic carbocycles. The van der Waals surface area contributed by atoms with Gasteiger partial charge in [-0.3, -0.25) is 0 Å². The normalized spacial score (nSPS) is 16.0. The van der Waals surface area contributed by atoms with Crippen LogP contribution in [0.25, 0.3) is 22.3 Å². The lowest BCUT2D eigenvalue weighted by atomic mass is 9.89. The summed E-state index contributed by atoms with van der Waals surface area (Å²) in [5, 5.41) is 5.38. The first-order chi connectivity index (χ1) is 12.7. The number of H-pyrrole nitrogens is 1. The number of aryl methyl sites for hydroxylation is 1. The van der Waals surface area contributed by atoms with Crippen molar-refractivity contribution in [2.45, 2.75) is 45.4 Å². The van der Waals surface area contributed by atoms with E-state index in [1.165, 1.54) is 38.6 Å². The number of benzene rings is 1. The number of nitrogens with zero attached hydrogens (tertiary/aromatic N) is 3. The topological polar surface area (TPSA) is 58.0 Å². The molecule has 0 aliphatic heterocycles. The fourth-order valence-corrected chi connectivity index (χ4v) is 4.21. The molecule has 26 heavy (non-hydrogen) atoms. The Morgan fingerprint density at radius 2 is 2.00 bits per heavy atom. The first kappa shape index (κ1) is 17.3. The zero-order valence-electron chi connectivity index (χ0n) is 15.8. The van der Waals surface area contributed by atoms with Gasteiger partial charge in [-0.1, -0.05) is 42.6 Å². The maximum atomic E-state index is 5.53. The van der Waals surface area contributed by atoms with Gasteiger partial charge in [-0.2, -0.15) is 4.98 Å². The molecule has 5 nitrogen and oxygen atoms in total. The lowest BCUT2D eigenvalue weighted by Crippen LogP contribution is -2.28. The van der Waals surface area contributed by atoms with E-state index in [9.17, 15) is 0 Å². The van der Waals surface area contributed by atoms with Crippen molar-refractivity contribution < 1.29 is 4.52 Å². The molecular weight excluding hydrogens is 324 g/mol. The molecule has 1 N–H and O–H groups in total. The second-order valence-corrected chi connectivity index (χ2v) is 7.70. The highest BCUT2D eigenvalue weighted by atomic mass is 16.5. The average molecular weight is 352 g/mol. The van der Waals surface area contributed by atoms with Crippen molar-refractivity contribution >= 4 is 10.9 Å². The first-order valence-corrected chi connectivity index (χ1v) is 9.79. The van der Waals surface area contributed by atoms with Gasteiger partial charge in [-0.05, 0) is 38.8 Å². The predicted octanol–water partition coefficient (Wildman–Crippen LogP) is 4.58. The Balaban J connectivity index is 1.40. The van der Waals surface area contributed by atoms with Gasteiger partial charge in [0, 0.05) is 36.1 Å². The summed E-state index contributed by atoms with van der Waals surface area (Å²) in [6.07, 6.45) is 7.78. The van der Waals surface area contributed by atoms with Crippen molar-refractivity contribution in [2.75, 3.05) is 20.1 Å². The van der Waals surface area contributed by atoms with Crippen LogP contribution in [0, 0.1) is 12.8 Å². The Labute approximate surface area is 154 Å². The van der Waals surface area contributed by atoms with Crippen LogP contribution in [0.15, 0.2) is 28.8 Å². The molecule has 0 atom stereocenters. The van der Waals surface area contributed by atoms with Gasteiger partial charge in [0.2, 0.25) is 11.7 Å². The van der Waals surface area contributed by atoms with E-state index in [4.69, 9.17) is 4.52 Å². The molecule has 2 aromatic heterocycles. The Bertz CT molecular complexity index is 860. The lowest BCUT2D eigenvalue weighted by Gasteiger charge is -2.26. The summed E-state index contributed by atoms with van der Waals surface area (Å²) >= 11 is 0. The zero-order valence-corrected chi connectivity index (χ0v) is 15.8. The maximum Gasteiger partial charge on any atom is 0.228 e. The van der Waals surface area contributed by atoms with Crippen LogP contribution in [0.1, 0.15) is 43.7 Å². The van der Waals surface area contributed by atoms with Crippen molar-refractivity contribution in [2.24, 2.45) is 5.92 Å². The number of hydrogen-bond donors (Lipinski definition) is 1. The van der Waals surface area contributed by atoms with Crippen LogP contribution in [0.4, 0.5) is 0 Å². The number of aromatic nitrogens is 3. The molecule has 1 saturated carbocycles. The van der Waals surface area contributed by atoms with Gasteiger partial charge >= 0.3 is 0 Å². The largest absolute Gasteiger partial charge is 0.358 e. The molecule has 1 fully saturated rings. The van der Waals surface area contributed by atoms with Crippen molar-refractivity contribution in [3.8, 4) is 11.4 Å². The van der Waals surface area contributed by atoms with Gasteiger partial charge in [-0.15, -0.1) is 0 Å². The average Bonchev–Trinajstić information content (AvgIpc) is 3.23. The van der Waals surface area contributed by atoms with E-state index in [-0.39, 0.29) is 0 Å². The van der Waals surface area contributed by atoms with Crippen LogP contribution in [0.5, 0.6) is 0 Å². The predicted molar refractivity (Wildman–Crippen MR) is 104 cm³/mol. The van der Waals surface area contributed by atoms with Crippen LogP contribution < -0.4 is 0 Å². The lowest BCUT2D eigenvalue weighted by molar-refractivity contribution is 0.229. The number of rotatable bonds is 6. The monoisotopic (exact) mass is 352 g/mol. The van der Waals surface area contributed by atoms with Gasteiger partial charge in [0.15, 0.2) is 0 Å². The van der Waals surface area contributed by atoms with Gasteiger partial charge in [0.05, 0.1) is 5.56 Å². The molecule has 0 spiro atoms. The quantitative estimate of drug-likeness (QED) is 0.705. The molecule has 1 aliphatic carbocycles. The van der Waals surface area contributed by atoms with E-state index in [0.29, 0.717) is 5.82 Å². The molecule has 0 bridgehead atoms. The summed E-state index contributed by atoms with van der Waals surface area (Å²) in [5.41, 5.74) is 3.23. The number of nitrogens with one attached hydrogen (secondary N) is 1. The molecule has 0 saturated heterocycles. The highest BCUT2D eigenvalue weighted by molar-refractivity contribution is 5.95. The maximum absolute atomic E-state index is 5.53. The number of fused-ring (bicyclic) bond motifs is 1. The van der Waals surface area contributed by atoms with E-state index in [2.05, 4.69) is 46.1 Å². The van der Waals surface area contributed by atoms with Gasteiger partial charge in [0.25, 0.3) is 0 Å². The highest BCUT2D eigenvalue weighted by Gasteiger charge is 2.18. The van der Waals surface area contributed by atoms with Gasteiger partial charge in [-0.25, -0.2) is 0 Å². The van der Waals surface area contributed by atoms with Gasteiger partial charge in [0.1, 0.15) is 0 Å². The summed E-state index contributed by atoms with van der Waals surface area (Å²) in [7, 11) is 2.20. The van der Waals surface area contributed by atoms with Crippen molar-refractivity contribution in [1.29, 1.82) is 0 Å². The molecule has 0 unspecified atom stereocenters. The third kappa shape index (κ3) is 3.68. The fraction of sp³-hybridized carbons (Fsp3) is 0.524. The Morgan fingerprint density at radius 1 is 1.19 bits per heavy atom. The molecule has 138 valence electrons. The third-order valence-electron chi connectivity index (χ3n) is 5.59. The Morgan fingerprint density at radius 3 is 2.85 bits per heavy atom. The summed E-state index contributed by atoms with van der Waals surface area (Å²) in [5.74, 6) is 2.27. The van der Waals surface area contributed by atoms with Gasteiger partial charge < -0.3 is 14.4 Å². The van der Waals surface area contributed by atoms with Crippen molar-refractivity contribution in [3.05, 3.63) is 35.9 Å². The minimum Gasteiger partial charge on any atom is -0.358 e. The highest BCUT2D eigenvalue weighted by Crippen LogP contribution is 2.30. The molecular formula is C21H28N4O. The smallest absolute Gasteiger partial charge is 0.228 e. The number of para-hydroxylation sites is 1. The van der Waals surface area contributed by atoms with Crippen LogP contribution in [-0.4, -0.2) is 40.2 Å². The number of aromatic amines is 1. The van der Waals surface area contributed by atoms with Crippen LogP contribution in [0.2, 0.25) is 0 Å². The number of hydrogen-bond acceptors (Lipinski definition) is 4. The molecule has 4 rings (SSSR count). The molecule has 5 heteroatoms. The third-order valence-corrected chi connectivity index (χ3v) is 5.59. The Kier molecular flexibility index (Phi) is 5.07. The van der Waals surface area contributed by atoms with Crippen molar-refractivity contribution in [1.82, 2.24) is 20.0 Å². The first-order valence-electron chi connectivity index (χ1n) is 9.79. The standard InChI is InChI=1S/C21H28N4O/c1-15-20(17-10-6-7-11-18(17)22-15)21-23-19(26-24-21)12-13-25(2)14-16-8-4-3-5-9-16/h6-7,10-11,16,22H,3-5,8-9,12-14H2,1-2H3. The van der Waals surface area contributed by atoms with Crippen LogP contribution in [-0.2, 0) is 6.42 Å². The van der Waals surface area contributed by atoms with E-state index >= 15 is 0 Å². The van der Waals surface area contributed by atoms with E-state index in [1.54, 1.807) is 0 Å². The SMILES string of the molecule is Cc1[nH]c2ccccc2c1-c1noc(CCN(C)CC2CCCCC2)n1. The fourth-order valence-electron chi connectivity index (χ4n) is 4.21. The molecule has 2 heterocycles. The zero-order chi connectivity index (χ0) is 17.9. The Hall–Kier alpha value is -2.14. The van der Waals surface area contributed by atoms with Crippen LogP contribution >= 0.6 is 0 Å².